The summed E-state index contributed by atoms with van der Waals surface area (Å²) in [6, 6.07) is 0. The molecule has 0 unspecified atom stereocenters. The fourth-order valence-corrected chi connectivity index (χ4v) is 7.80. The highest BCUT2D eigenvalue weighted by Gasteiger charge is 2.64. The van der Waals surface area contributed by atoms with Crippen LogP contribution in [-0.4, -0.2) is 11.6 Å². The van der Waals surface area contributed by atoms with Crippen molar-refractivity contribution in [3.8, 4) is 0 Å². The smallest absolute Gasteiger partial charge is 0.165 e. The molecule has 130 valence electrons. The second-order valence-electron chi connectivity index (χ2n) is 10.6. The van der Waals surface area contributed by atoms with Crippen LogP contribution in [0.3, 0.4) is 0 Å². The minimum Gasteiger partial charge on any atom is -0.294 e. The van der Waals surface area contributed by atoms with Crippen LogP contribution in [0.5, 0.6) is 0 Å². The zero-order chi connectivity index (χ0) is 16.9. The maximum Gasteiger partial charge on any atom is 0.165 e. The maximum atomic E-state index is 13.4. The molecule has 2 atom stereocenters. The van der Waals surface area contributed by atoms with Gasteiger partial charge >= 0.3 is 0 Å². The normalized spacial score (nSPS) is 52.5. The molecule has 0 heterocycles. The second-order valence-corrected chi connectivity index (χ2v) is 10.6. The highest BCUT2D eigenvalue weighted by molar-refractivity contribution is 6.10. The molecule has 2 nitrogen and oxygen atoms in total. The van der Waals surface area contributed by atoms with Gasteiger partial charge < -0.3 is 0 Å². The van der Waals surface area contributed by atoms with Crippen LogP contribution in [0.15, 0.2) is 11.6 Å². The van der Waals surface area contributed by atoms with Crippen LogP contribution in [-0.2, 0) is 9.59 Å². The van der Waals surface area contributed by atoms with Gasteiger partial charge in [0.25, 0.3) is 0 Å². The highest BCUT2D eigenvalue weighted by Crippen LogP contribution is 2.66. The Balaban J connectivity index is 1.49. The lowest BCUT2D eigenvalue weighted by atomic mass is 9.48. The lowest BCUT2D eigenvalue weighted by Crippen LogP contribution is -2.49. The summed E-state index contributed by atoms with van der Waals surface area (Å²) in [5.41, 5.74) is 0.548. The van der Waals surface area contributed by atoms with E-state index in [9.17, 15) is 9.59 Å². The Bertz CT molecular complexity index is 632. The molecular weight excluding hydrogens is 296 g/mol. The van der Waals surface area contributed by atoms with Crippen LogP contribution in [0.25, 0.3) is 0 Å². The molecular formula is C22H30O2. The fourth-order valence-electron chi connectivity index (χ4n) is 7.80. The predicted octanol–water partition coefficient (Wildman–Crippen LogP) is 4.72. The Labute approximate surface area is 145 Å². The minimum absolute atomic E-state index is 0.0116. The molecule has 2 heteroatoms. The third kappa shape index (κ3) is 1.68. The number of rotatable bonds is 2. The molecule has 6 rings (SSSR count). The summed E-state index contributed by atoms with van der Waals surface area (Å²) >= 11 is 0. The van der Waals surface area contributed by atoms with E-state index < -0.39 is 0 Å². The first-order valence-electron chi connectivity index (χ1n) is 10.1. The van der Waals surface area contributed by atoms with Crippen molar-refractivity contribution in [2.75, 3.05) is 0 Å². The predicted molar refractivity (Wildman–Crippen MR) is 93.3 cm³/mol. The van der Waals surface area contributed by atoms with Crippen molar-refractivity contribution in [3.05, 3.63) is 11.6 Å². The van der Waals surface area contributed by atoms with Crippen molar-refractivity contribution in [2.45, 2.75) is 72.1 Å². The van der Waals surface area contributed by atoms with Gasteiger partial charge in [0, 0.05) is 16.4 Å². The van der Waals surface area contributed by atoms with E-state index in [1.807, 2.05) is 6.08 Å². The number of allylic oxidation sites excluding steroid dienone is 2. The zero-order valence-electron chi connectivity index (χ0n) is 15.4. The van der Waals surface area contributed by atoms with E-state index in [1.165, 1.54) is 19.3 Å². The molecule has 6 fully saturated rings. The van der Waals surface area contributed by atoms with E-state index in [-0.39, 0.29) is 22.0 Å². The van der Waals surface area contributed by atoms with Crippen LogP contribution in [0.2, 0.25) is 0 Å². The van der Waals surface area contributed by atoms with Crippen LogP contribution < -0.4 is 0 Å². The minimum atomic E-state index is -0.245. The standard InChI is InChI=1S/C22H30O2/c1-20(2)17-4-5-21(20,3)19(24)16(17)9-18(23)22-10-13-6-14(11-22)8-15(7-13)12-22/h9,13-15,17H,4-8,10-12H2,1-3H3/b16-9+/t13?,14?,15?,17-,21+,22?/m0/s1. The Kier molecular flexibility index (Phi) is 2.83. The fraction of sp³-hybridized carbons (Fsp3) is 0.818. The zero-order valence-corrected chi connectivity index (χ0v) is 15.4. The maximum absolute atomic E-state index is 13.4. The third-order valence-electron chi connectivity index (χ3n) is 9.21. The van der Waals surface area contributed by atoms with Gasteiger partial charge in [0.05, 0.1) is 0 Å². The van der Waals surface area contributed by atoms with Crippen molar-refractivity contribution in [1.29, 1.82) is 0 Å². The van der Waals surface area contributed by atoms with Gasteiger partial charge in [-0.05, 0) is 86.5 Å². The van der Waals surface area contributed by atoms with Gasteiger partial charge in [-0.1, -0.05) is 20.8 Å². The van der Waals surface area contributed by atoms with E-state index >= 15 is 0 Å². The van der Waals surface area contributed by atoms with E-state index in [0.29, 0.717) is 11.7 Å². The molecule has 0 amide bonds. The molecule has 0 spiro atoms. The van der Waals surface area contributed by atoms with Gasteiger partial charge in [-0.25, -0.2) is 0 Å². The molecule has 24 heavy (non-hydrogen) atoms. The lowest BCUT2D eigenvalue weighted by Gasteiger charge is -2.55. The van der Waals surface area contributed by atoms with Crippen LogP contribution >= 0.6 is 0 Å². The molecule has 0 aromatic carbocycles. The highest BCUT2D eigenvalue weighted by atomic mass is 16.1. The monoisotopic (exact) mass is 326 g/mol. The largest absolute Gasteiger partial charge is 0.294 e. The summed E-state index contributed by atoms with van der Waals surface area (Å²) in [7, 11) is 0. The average Bonchev–Trinajstić information content (AvgIpc) is 2.80. The summed E-state index contributed by atoms with van der Waals surface area (Å²) in [5, 5.41) is 0. The molecule has 0 aromatic heterocycles. The van der Waals surface area contributed by atoms with Crippen molar-refractivity contribution in [2.24, 2.45) is 39.9 Å². The molecule has 0 saturated heterocycles. The van der Waals surface area contributed by atoms with Crippen molar-refractivity contribution < 1.29 is 9.59 Å². The number of fused-ring (bicyclic) bond motifs is 2. The Hall–Kier alpha value is -0.920. The van der Waals surface area contributed by atoms with Crippen LogP contribution in [0.1, 0.15) is 72.1 Å². The molecule has 6 aliphatic carbocycles. The number of carbonyl (C=O) groups excluding carboxylic acids is 2. The molecule has 0 aromatic rings. The van der Waals surface area contributed by atoms with E-state index in [2.05, 4.69) is 20.8 Å². The number of ketones is 2. The van der Waals surface area contributed by atoms with Gasteiger partial charge in [-0.15, -0.1) is 0 Å². The van der Waals surface area contributed by atoms with Gasteiger partial charge in [0.15, 0.2) is 11.6 Å². The summed E-state index contributed by atoms with van der Waals surface area (Å²) < 4.78 is 0. The summed E-state index contributed by atoms with van der Waals surface area (Å²) in [4.78, 5) is 26.4. The van der Waals surface area contributed by atoms with E-state index in [4.69, 9.17) is 0 Å². The first-order valence-corrected chi connectivity index (χ1v) is 10.1. The van der Waals surface area contributed by atoms with Crippen molar-refractivity contribution in [3.63, 3.8) is 0 Å². The lowest BCUT2D eigenvalue weighted by molar-refractivity contribution is -0.139. The van der Waals surface area contributed by atoms with Crippen LogP contribution in [0, 0.1) is 39.9 Å². The van der Waals surface area contributed by atoms with E-state index in [0.717, 1.165) is 55.4 Å². The van der Waals surface area contributed by atoms with Crippen molar-refractivity contribution >= 4 is 11.6 Å². The van der Waals surface area contributed by atoms with Gasteiger partial charge in [-0.3, -0.25) is 9.59 Å². The first-order chi connectivity index (χ1) is 11.3. The molecule has 0 aliphatic heterocycles. The first kappa shape index (κ1) is 15.3. The third-order valence-corrected chi connectivity index (χ3v) is 9.21. The van der Waals surface area contributed by atoms with Crippen molar-refractivity contribution in [1.82, 2.24) is 0 Å². The number of carbonyl (C=O) groups is 2. The van der Waals surface area contributed by atoms with Gasteiger partial charge in [0.1, 0.15) is 0 Å². The SMILES string of the molecule is CC1(C)[C@H]2CC[C@]1(C)C(=O)/C2=C/C(=O)C12CC3CC(CC(C3)C1)C2. The molecule has 6 aliphatic rings. The molecule has 6 bridgehead atoms. The van der Waals surface area contributed by atoms with E-state index in [1.54, 1.807) is 0 Å². The topological polar surface area (TPSA) is 34.1 Å². The molecule has 0 N–H and O–H groups in total. The number of hydrogen-bond acceptors (Lipinski definition) is 2. The Morgan fingerprint density at radius 3 is 2.00 bits per heavy atom. The summed E-state index contributed by atoms with van der Waals surface area (Å²) in [6.45, 7) is 6.60. The van der Waals surface area contributed by atoms with Gasteiger partial charge in [0.2, 0.25) is 0 Å². The second kappa shape index (κ2) is 4.43. The van der Waals surface area contributed by atoms with Crippen LogP contribution in [0.4, 0.5) is 0 Å². The molecule has 6 saturated carbocycles. The average molecular weight is 326 g/mol. The Morgan fingerprint density at radius 1 is 1.00 bits per heavy atom. The molecule has 0 radical (unpaired) electrons. The Morgan fingerprint density at radius 2 is 1.54 bits per heavy atom. The number of hydrogen-bond donors (Lipinski definition) is 0. The van der Waals surface area contributed by atoms with Gasteiger partial charge in [-0.2, -0.15) is 0 Å². The number of Topliss-reactive ketones (excluding diaryl/α,β-unsaturated/α-hetero) is 1. The summed E-state index contributed by atoms with van der Waals surface area (Å²) in [6.07, 6.45) is 11.3. The quantitative estimate of drug-likeness (QED) is 0.688. The summed E-state index contributed by atoms with van der Waals surface area (Å²) in [5.74, 6) is 3.24.